The van der Waals surface area contributed by atoms with E-state index in [-0.39, 0.29) is 5.91 Å². The Labute approximate surface area is 155 Å². The van der Waals surface area contributed by atoms with Crippen molar-refractivity contribution in [1.29, 1.82) is 0 Å². The molecule has 0 aliphatic rings. The fourth-order valence-corrected chi connectivity index (χ4v) is 4.00. The molecule has 6 nitrogen and oxygen atoms in total. The van der Waals surface area contributed by atoms with Crippen LogP contribution in [0.2, 0.25) is 0 Å². The minimum Gasteiger partial charge on any atom is -0.496 e. The number of aryl methyl sites for hydroxylation is 1. The number of para-hydroxylation sites is 1. The highest BCUT2D eigenvalue weighted by molar-refractivity contribution is 7.16. The molecule has 0 bridgehead atoms. The van der Waals surface area contributed by atoms with Crippen molar-refractivity contribution >= 4 is 27.5 Å². The largest absolute Gasteiger partial charge is 0.496 e. The van der Waals surface area contributed by atoms with Crippen LogP contribution in [0.15, 0.2) is 41.4 Å². The van der Waals surface area contributed by atoms with Crippen molar-refractivity contribution in [3.63, 3.8) is 0 Å². The van der Waals surface area contributed by atoms with Gasteiger partial charge in [-0.25, -0.2) is 0 Å². The summed E-state index contributed by atoms with van der Waals surface area (Å²) in [7, 11) is 4.78. The van der Waals surface area contributed by atoms with Gasteiger partial charge in [-0.05, 0) is 31.2 Å². The minimum atomic E-state index is -0.353. The lowest BCUT2D eigenvalue weighted by molar-refractivity contribution is 0.0995. The summed E-state index contributed by atoms with van der Waals surface area (Å²) >= 11 is 1.40. The molecule has 136 valence electrons. The predicted molar refractivity (Wildman–Crippen MR) is 101 cm³/mol. The van der Waals surface area contributed by atoms with Gasteiger partial charge >= 0.3 is 0 Å². The molecule has 7 heteroatoms. The second-order valence-electron chi connectivity index (χ2n) is 5.39. The van der Waals surface area contributed by atoms with Crippen molar-refractivity contribution in [1.82, 2.24) is 4.57 Å². The number of amides is 1. The molecule has 0 radical (unpaired) electrons. The molecule has 3 rings (SSSR count). The maximum absolute atomic E-state index is 12.7. The second-order valence-corrected chi connectivity index (χ2v) is 6.37. The fourth-order valence-electron chi connectivity index (χ4n) is 2.80. The van der Waals surface area contributed by atoms with E-state index in [2.05, 4.69) is 4.99 Å². The van der Waals surface area contributed by atoms with Gasteiger partial charge in [-0.2, -0.15) is 4.99 Å². The van der Waals surface area contributed by atoms with Gasteiger partial charge in [0.1, 0.15) is 27.5 Å². The highest BCUT2D eigenvalue weighted by Crippen LogP contribution is 2.35. The van der Waals surface area contributed by atoms with Crippen molar-refractivity contribution in [3.05, 3.63) is 46.8 Å². The molecule has 0 atom stereocenters. The molecule has 1 aromatic heterocycles. The van der Waals surface area contributed by atoms with Crippen LogP contribution in [0, 0.1) is 0 Å². The Morgan fingerprint density at radius 3 is 2.31 bits per heavy atom. The number of carbonyl (C=O) groups is 1. The smallest absolute Gasteiger partial charge is 0.283 e. The van der Waals surface area contributed by atoms with E-state index in [0.717, 1.165) is 16.0 Å². The number of benzene rings is 2. The van der Waals surface area contributed by atoms with Gasteiger partial charge in [0.05, 0.1) is 26.9 Å². The third kappa shape index (κ3) is 3.06. The number of hydrogen-bond donors (Lipinski definition) is 0. The van der Waals surface area contributed by atoms with Gasteiger partial charge in [0.15, 0.2) is 4.80 Å². The van der Waals surface area contributed by atoms with Gasteiger partial charge in [0.25, 0.3) is 5.91 Å². The monoisotopic (exact) mass is 372 g/mol. The molecular formula is C19H20N2O4S. The number of hydrogen-bond acceptors (Lipinski definition) is 5. The Morgan fingerprint density at radius 1 is 1.00 bits per heavy atom. The van der Waals surface area contributed by atoms with E-state index >= 15 is 0 Å². The molecular weight excluding hydrogens is 352 g/mol. The molecule has 0 saturated heterocycles. The molecule has 1 heterocycles. The number of nitrogens with zero attached hydrogens (tertiary/aromatic N) is 2. The van der Waals surface area contributed by atoms with E-state index in [1.54, 1.807) is 32.4 Å². The second kappa shape index (κ2) is 7.61. The Morgan fingerprint density at radius 2 is 1.65 bits per heavy atom. The zero-order chi connectivity index (χ0) is 18.7. The van der Waals surface area contributed by atoms with Crippen LogP contribution in [0.25, 0.3) is 10.2 Å². The fraction of sp³-hybridized carbons (Fsp3) is 0.263. The first-order valence-electron chi connectivity index (χ1n) is 8.11. The standard InChI is InChI=1S/C19H20N2O4S/c1-5-21-16-14(24-3)10-11-15(25-4)17(16)26-19(21)20-18(22)12-8-6-7-9-13(12)23-2/h6-11H,5H2,1-4H3. The lowest BCUT2D eigenvalue weighted by Gasteiger charge is -2.08. The minimum absolute atomic E-state index is 0.353. The lowest BCUT2D eigenvalue weighted by Crippen LogP contribution is -2.16. The number of thiazole rings is 1. The van der Waals surface area contributed by atoms with Crippen LogP contribution in [0.5, 0.6) is 17.2 Å². The number of fused-ring (bicyclic) bond motifs is 1. The lowest BCUT2D eigenvalue weighted by atomic mass is 10.2. The molecule has 0 saturated carbocycles. The normalized spacial score (nSPS) is 11.6. The van der Waals surface area contributed by atoms with Gasteiger partial charge in [-0.3, -0.25) is 4.79 Å². The Hall–Kier alpha value is -2.80. The average Bonchev–Trinajstić information content (AvgIpc) is 3.05. The van der Waals surface area contributed by atoms with Gasteiger partial charge in [0.2, 0.25) is 0 Å². The van der Waals surface area contributed by atoms with Crippen molar-refractivity contribution in [2.45, 2.75) is 13.5 Å². The molecule has 2 aromatic carbocycles. The van der Waals surface area contributed by atoms with Gasteiger partial charge in [0, 0.05) is 6.54 Å². The average molecular weight is 372 g/mol. The zero-order valence-electron chi connectivity index (χ0n) is 15.1. The Kier molecular flexibility index (Phi) is 5.27. The van der Waals surface area contributed by atoms with E-state index in [4.69, 9.17) is 14.2 Å². The first kappa shape index (κ1) is 18.0. The molecule has 0 unspecified atom stereocenters. The van der Waals surface area contributed by atoms with Crippen molar-refractivity contribution < 1.29 is 19.0 Å². The highest BCUT2D eigenvalue weighted by atomic mass is 32.1. The molecule has 1 amide bonds. The molecule has 3 aromatic rings. The summed E-state index contributed by atoms with van der Waals surface area (Å²) in [6.07, 6.45) is 0. The number of carbonyl (C=O) groups excluding carboxylic acids is 1. The zero-order valence-corrected chi connectivity index (χ0v) is 15.9. The first-order valence-corrected chi connectivity index (χ1v) is 8.92. The van der Waals surface area contributed by atoms with Crippen LogP contribution >= 0.6 is 11.3 Å². The third-order valence-electron chi connectivity index (χ3n) is 4.04. The maximum Gasteiger partial charge on any atom is 0.283 e. The summed E-state index contributed by atoms with van der Waals surface area (Å²) < 4.78 is 19.1. The van der Waals surface area contributed by atoms with Crippen molar-refractivity contribution in [3.8, 4) is 17.2 Å². The SMILES string of the molecule is CCn1c(=NC(=O)c2ccccc2OC)sc2c(OC)ccc(OC)c21. The summed E-state index contributed by atoms with van der Waals surface area (Å²) in [4.78, 5) is 17.7. The third-order valence-corrected chi connectivity index (χ3v) is 5.14. The van der Waals surface area contributed by atoms with E-state index in [1.165, 1.54) is 18.4 Å². The quantitative estimate of drug-likeness (QED) is 0.688. The summed E-state index contributed by atoms with van der Waals surface area (Å²) in [5.41, 5.74) is 1.29. The van der Waals surface area contributed by atoms with Gasteiger partial charge in [-0.1, -0.05) is 23.5 Å². The van der Waals surface area contributed by atoms with Crippen LogP contribution in [0.3, 0.4) is 0 Å². The summed E-state index contributed by atoms with van der Waals surface area (Å²) in [5, 5.41) is 0. The van der Waals surface area contributed by atoms with E-state index in [1.807, 2.05) is 29.7 Å². The highest BCUT2D eigenvalue weighted by Gasteiger charge is 2.17. The van der Waals surface area contributed by atoms with E-state index < -0.39 is 0 Å². The summed E-state index contributed by atoms with van der Waals surface area (Å²) in [5.74, 6) is 1.58. The van der Waals surface area contributed by atoms with E-state index in [0.29, 0.717) is 28.4 Å². The molecule has 0 N–H and O–H groups in total. The topological polar surface area (TPSA) is 62.1 Å². The van der Waals surface area contributed by atoms with Crippen LogP contribution in [0.1, 0.15) is 17.3 Å². The van der Waals surface area contributed by atoms with Crippen LogP contribution in [0.4, 0.5) is 0 Å². The summed E-state index contributed by atoms with van der Waals surface area (Å²) in [6.45, 7) is 2.64. The predicted octanol–water partition coefficient (Wildman–Crippen LogP) is 3.49. The van der Waals surface area contributed by atoms with Gasteiger partial charge in [-0.15, -0.1) is 0 Å². The molecule has 0 aliphatic heterocycles. The van der Waals surface area contributed by atoms with E-state index in [9.17, 15) is 4.79 Å². The van der Waals surface area contributed by atoms with Gasteiger partial charge < -0.3 is 18.8 Å². The first-order chi connectivity index (χ1) is 12.6. The van der Waals surface area contributed by atoms with Crippen LogP contribution in [-0.2, 0) is 6.54 Å². The van der Waals surface area contributed by atoms with Crippen molar-refractivity contribution in [2.24, 2.45) is 4.99 Å². The van der Waals surface area contributed by atoms with Crippen LogP contribution < -0.4 is 19.0 Å². The number of ether oxygens (including phenoxy) is 3. The van der Waals surface area contributed by atoms with Crippen molar-refractivity contribution in [2.75, 3.05) is 21.3 Å². The molecule has 0 spiro atoms. The Bertz CT molecular complexity index is 1020. The number of rotatable bonds is 5. The Balaban J connectivity index is 2.24. The molecule has 0 fully saturated rings. The maximum atomic E-state index is 12.7. The van der Waals surface area contributed by atoms with Crippen LogP contribution in [-0.4, -0.2) is 31.8 Å². The molecule has 0 aliphatic carbocycles. The number of methoxy groups -OCH3 is 3. The molecule has 26 heavy (non-hydrogen) atoms. The number of aromatic nitrogens is 1. The summed E-state index contributed by atoms with van der Waals surface area (Å²) in [6, 6.07) is 10.8.